The Balaban J connectivity index is 1.51. The average Bonchev–Trinajstić information content (AvgIpc) is 3.16. The molecular weight excluding hydrogens is 376 g/mol. The van der Waals surface area contributed by atoms with Crippen LogP contribution in [0.3, 0.4) is 0 Å². The van der Waals surface area contributed by atoms with Crippen LogP contribution in [0.2, 0.25) is 0 Å². The van der Waals surface area contributed by atoms with Gasteiger partial charge in [-0.05, 0) is 74.1 Å². The van der Waals surface area contributed by atoms with E-state index < -0.39 is 10.0 Å². The van der Waals surface area contributed by atoms with E-state index >= 15 is 0 Å². The van der Waals surface area contributed by atoms with Crippen LogP contribution < -0.4 is 14.8 Å². The molecule has 0 aliphatic heterocycles. The minimum absolute atomic E-state index is 0.190. The van der Waals surface area contributed by atoms with E-state index in [-0.39, 0.29) is 5.91 Å². The van der Waals surface area contributed by atoms with Gasteiger partial charge in [0.2, 0.25) is 10.0 Å². The van der Waals surface area contributed by atoms with Gasteiger partial charge in [-0.3, -0.25) is 4.79 Å². The zero-order chi connectivity index (χ0) is 20.0. The van der Waals surface area contributed by atoms with E-state index in [1.54, 1.807) is 12.1 Å². The number of amides is 1. The number of rotatable bonds is 8. The summed E-state index contributed by atoms with van der Waals surface area (Å²) >= 11 is 0. The van der Waals surface area contributed by atoms with Crippen molar-refractivity contribution in [3.63, 3.8) is 0 Å². The van der Waals surface area contributed by atoms with Crippen LogP contribution in [0.1, 0.15) is 41.6 Å². The van der Waals surface area contributed by atoms with Crippen LogP contribution >= 0.6 is 0 Å². The smallest absolute Gasteiger partial charge is 0.255 e. The van der Waals surface area contributed by atoms with Gasteiger partial charge in [0.05, 0.1) is 12.4 Å². The van der Waals surface area contributed by atoms with Gasteiger partial charge in [0.25, 0.3) is 5.91 Å². The lowest BCUT2D eigenvalue weighted by Gasteiger charge is -2.13. The number of ether oxygens (including phenoxy) is 1. The molecule has 1 amide bonds. The molecule has 0 heterocycles. The highest BCUT2D eigenvalue weighted by atomic mass is 32.2. The van der Waals surface area contributed by atoms with Crippen LogP contribution in [0, 0.1) is 0 Å². The second kappa shape index (κ2) is 9.21. The average molecular weight is 403 g/mol. The molecule has 0 bridgehead atoms. The molecule has 6 nitrogen and oxygen atoms in total. The molecular formula is C21H26N2O4S. The zero-order valence-electron chi connectivity index (χ0n) is 16.0. The van der Waals surface area contributed by atoms with Gasteiger partial charge in [0, 0.05) is 17.8 Å². The maximum atomic E-state index is 12.4. The van der Waals surface area contributed by atoms with Crippen LogP contribution in [0.4, 0.5) is 5.69 Å². The molecule has 2 N–H and O–H groups in total. The molecule has 28 heavy (non-hydrogen) atoms. The number of sulfonamides is 1. The van der Waals surface area contributed by atoms with Crippen molar-refractivity contribution >= 4 is 21.6 Å². The summed E-state index contributed by atoms with van der Waals surface area (Å²) in [6.07, 6.45) is 6.69. The second-order valence-electron chi connectivity index (χ2n) is 7.12. The van der Waals surface area contributed by atoms with Crippen molar-refractivity contribution in [3.05, 3.63) is 59.7 Å². The van der Waals surface area contributed by atoms with Crippen molar-refractivity contribution in [1.29, 1.82) is 0 Å². The molecule has 0 unspecified atom stereocenters. The summed E-state index contributed by atoms with van der Waals surface area (Å²) in [5.74, 6) is 0.641. The molecule has 0 saturated heterocycles. The Kier molecular flexibility index (Phi) is 6.70. The van der Waals surface area contributed by atoms with Crippen molar-refractivity contribution < 1.29 is 17.9 Å². The van der Waals surface area contributed by atoms with Crippen molar-refractivity contribution in [1.82, 2.24) is 4.72 Å². The largest absolute Gasteiger partial charge is 0.490 e. The molecule has 0 aromatic heterocycles. The lowest BCUT2D eigenvalue weighted by molar-refractivity contribution is 0.102. The first-order chi connectivity index (χ1) is 13.4. The number of nitrogens with one attached hydrogen (secondary N) is 2. The topological polar surface area (TPSA) is 84.5 Å². The molecule has 0 atom stereocenters. The SMILES string of the molecule is CS(=O)(=O)NCCc1ccc(C(=O)Nc2ccc(OC3CCCC3)cc2)cc1. The molecule has 2 aromatic carbocycles. The number of carbonyl (C=O) groups excluding carboxylic acids is 1. The highest BCUT2D eigenvalue weighted by Crippen LogP contribution is 2.25. The van der Waals surface area contributed by atoms with E-state index in [1.807, 2.05) is 36.4 Å². The third-order valence-electron chi connectivity index (χ3n) is 4.71. The molecule has 2 aromatic rings. The number of hydrogen-bond donors (Lipinski definition) is 2. The van der Waals surface area contributed by atoms with E-state index in [4.69, 9.17) is 4.74 Å². The Labute approximate surface area is 166 Å². The first-order valence-corrected chi connectivity index (χ1v) is 11.4. The molecule has 3 rings (SSSR count). The van der Waals surface area contributed by atoms with Gasteiger partial charge < -0.3 is 10.1 Å². The van der Waals surface area contributed by atoms with Crippen LogP contribution in [-0.2, 0) is 16.4 Å². The Hall–Kier alpha value is -2.38. The molecule has 1 saturated carbocycles. The number of carbonyl (C=O) groups is 1. The fourth-order valence-corrected chi connectivity index (χ4v) is 3.70. The summed E-state index contributed by atoms with van der Waals surface area (Å²) in [4.78, 5) is 12.4. The van der Waals surface area contributed by atoms with E-state index in [2.05, 4.69) is 10.0 Å². The molecule has 7 heteroatoms. The fourth-order valence-electron chi connectivity index (χ4n) is 3.22. The monoisotopic (exact) mass is 402 g/mol. The molecule has 150 valence electrons. The lowest BCUT2D eigenvalue weighted by atomic mass is 10.1. The van der Waals surface area contributed by atoms with Crippen LogP contribution in [0.25, 0.3) is 0 Å². The highest BCUT2D eigenvalue weighted by molar-refractivity contribution is 7.88. The van der Waals surface area contributed by atoms with E-state index in [9.17, 15) is 13.2 Å². The van der Waals surface area contributed by atoms with Crippen molar-refractivity contribution in [3.8, 4) is 5.75 Å². The highest BCUT2D eigenvalue weighted by Gasteiger charge is 2.16. The Bertz CT molecular complexity index is 887. The van der Waals surface area contributed by atoms with Gasteiger partial charge in [0.1, 0.15) is 5.75 Å². The van der Waals surface area contributed by atoms with E-state index in [1.165, 1.54) is 12.8 Å². The summed E-state index contributed by atoms with van der Waals surface area (Å²) in [6.45, 7) is 0.333. The third-order valence-corrected chi connectivity index (χ3v) is 5.44. The van der Waals surface area contributed by atoms with Crippen molar-refractivity contribution in [2.24, 2.45) is 0 Å². The molecule has 1 aliphatic carbocycles. The fraction of sp³-hybridized carbons (Fsp3) is 0.381. The standard InChI is InChI=1S/C21H26N2O4S/c1-28(25,26)22-15-14-16-6-8-17(9-7-16)21(24)23-18-10-12-20(13-11-18)27-19-4-2-3-5-19/h6-13,19,22H,2-5,14-15H2,1H3,(H,23,24). The summed E-state index contributed by atoms with van der Waals surface area (Å²) in [7, 11) is -3.18. The Morgan fingerprint density at radius 3 is 2.29 bits per heavy atom. The molecule has 1 aliphatic rings. The number of hydrogen-bond acceptors (Lipinski definition) is 4. The van der Waals surface area contributed by atoms with Gasteiger partial charge in [-0.1, -0.05) is 12.1 Å². The van der Waals surface area contributed by atoms with Crippen LogP contribution in [0.15, 0.2) is 48.5 Å². The maximum absolute atomic E-state index is 12.4. The van der Waals surface area contributed by atoms with Gasteiger partial charge in [0.15, 0.2) is 0 Å². The Morgan fingerprint density at radius 1 is 1.04 bits per heavy atom. The van der Waals surface area contributed by atoms with E-state index in [0.29, 0.717) is 30.3 Å². The quantitative estimate of drug-likeness (QED) is 0.709. The first-order valence-electron chi connectivity index (χ1n) is 9.51. The first kappa shape index (κ1) is 20.4. The summed E-state index contributed by atoms with van der Waals surface area (Å²) in [5, 5.41) is 2.88. The predicted molar refractivity (Wildman–Crippen MR) is 110 cm³/mol. The summed E-state index contributed by atoms with van der Waals surface area (Å²) in [5.41, 5.74) is 2.22. The number of benzene rings is 2. The normalized spacial score (nSPS) is 14.8. The summed E-state index contributed by atoms with van der Waals surface area (Å²) < 4.78 is 30.5. The minimum Gasteiger partial charge on any atom is -0.490 e. The van der Waals surface area contributed by atoms with Crippen LogP contribution in [-0.4, -0.2) is 33.2 Å². The molecule has 0 spiro atoms. The third kappa shape index (κ3) is 6.35. The predicted octanol–water partition coefficient (Wildman–Crippen LogP) is 3.35. The van der Waals surface area contributed by atoms with Crippen LogP contribution in [0.5, 0.6) is 5.75 Å². The van der Waals surface area contributed by atoms with Gasteiger partial charge in [-0.25, -0.2) is 13.1 Å². The van der Waals surface area contributed by atoms with Crippen molar-refractivity contribution in [2.45, 2.75) is 38.2 Å². The van der Waals surface area contributed by atoms with Gasteiger partial charge >= 0.3 is 0 Å². The molecule has 1 fully saturated rings. The lowest BCUT2D eigenvalue weighted by Crippen LogP contribution is -2.24. The number of anilines is 1. The minimum atomic E-state index is -3.18. The van der Waals surface area contributed by atoms with Crippen molar-refractivity contribution in [2.75, 3.05) is 18.1 Å². The maximum Gasteiger partial charge on any atom is 0.255 e. The van der Waals surface area contributed by atoms with Gasteiger partial charge in [-0.15, -0.1) is 0 Å². The summed E-state index contributed by atoms with van der Waals surface area (Å²) in [6, 6.07) is 14.6. The van der Waals surface area contributed by atoms with Gasteiger partial charge in [-0.2, -0.15) is 0 Å². The van der Waals surface area contributed by atoms with E-state index in [0.717, 1.165) is 30.4 Å². The second-order valence-corrected chi connectivity index (χ2v) is 8.95. The molecule has 0 radical (unpaired) electrons. The Morgan fingerprint density at radius 2 is 1.68 bits per heavy atom. The zero-order valence-corrected chi connectivity index (χ0v) is 16.8.